The lowest BCUT2D eigenvalue weighted by atomic mass is 10.0. The maximum absolute atomic E-state index is 12.7. The van der Waals surface area contributed by atoms with Crippen molar-refractivity contribution in [2.45, 2.75) is 25.3 Å². The Balaban J connectivity index is 1.83. The zero-order valence-electron chi connectivity index (χ0n) is 13.1. The van der Waals surface area contributed by atoms with Crippen LogP contribution in [0.4, 0.5) is 11.5 Å². The molecule has 0 bridgehead atoms. The predicted molar refractivity (Wildman–Crippen MR) is 87.0 cm³/mol. The second-order valence-electron chi connectivity index (χ2n) is 6.38. The molecular weight excluding hydrogens is 292 g/mol. The van der Waals surface area contributed by atoms with Crippen molar-refractivity contribution in [2.24, 2.45) is 13.0 Å². The number of nitrogens with zero attached hydrogens (tertiary/aromatic N) is 4. The van der Waals surface area contributed by atoms with Gasteiger partial charge in [-0.1, -0.05) is 31.0 Å². The fraction of sp³-hybridized carbons (Fsp3) is 0.412. The molecule has 6 nitrogen and oxygen atoms in total. The summed E-state index contributed by atoms with van der Waals surface area (Å²) in [5.41, 5.74) is 1.62. The maximum atomic E-state index is 12.7. The van der Waals surface area contributed by atoms with Crippen molar-refractivity contribution in [1.29, 1.82) is 0 Å². The van der Waals surface area contributed by atoms with Gasteiger partial charge in [-0.25, -0.2) is 0 Å². The Morgan fingerprint density at radius 2 is 2.00 bits per heavy atom. The molecule has 0 N–H and O–H groups in total. The molecule has 1 aliphatic heterocycles. The van der Waals surface area contributed by atoms with Gasteiger partial charge in [0.15, 0.2) is 0 Å². The molecule has 1 aliphatic carbocycles. The van der Waals surface area contributed by atoms with Gasteiger partial charge in [0.1, 0.15) is 5.82 Å². The Kier molecular flexibility index (Phi) is 3.43. The molecule has 1 aromatic heterocycles. The molecule has 1 atom stereocenters. The molecule has 0 saturated heterocycles. The second-order valence-corrected chi connectivity index (χ2v) is 6.38. The third-order valence-electron chi connectivity index (χ3n) is 4.66. The largest absolute Gasteiger partial charge is 0.784 e. The fourth-order valence-electron chi connectivity index (χ4n) is 3.30. The molecule has 2 aromatic rings. The van der Waals surface area contributed by atoms with Gasteiger partial charge in [0, 0.05) is 18.7 Å². The fourth-order valence-corrected chi connectivity index (χ4v) is 3.30. The Labute approximate surface area is 134 Å². The molecule has 1 saturated carbocycles. The molecule has 1 aromatic carbocycles. The summed E-state index contributed by atoms with van der Waals surface area (Å²) in [4.78, 5) is 14.4. The van der Waals surface area contributed by atoms with Crippen LogP contribution < -0.4 is 4.90 Å². The van der Waals surface area contributed by atoms with E-state index in [9.17, 15) is 10.0 Å². The number of rotatable bonds is 3. The number of hydrogen-bond donors (Lipinski definition) is 0. The van der Waals surface area contributed by atoms with Crippen LogP contribution in [0, 0.1) is 11.1 Å². The highest BCUT2D eigenvalue weighted by molar-refractivity contribution is 6.02. The van der Waals surface area contributed by atoms with Gasteiger partial charge in [0.05, 0.1) is 18.4 Å². The number of anilines is 2. The molecule has 0 spiro atoms. The maximum Gasteiger partial charge on any atom is 0.245 e. The van der Waals surface area contributed by atoms with E-state index in [2.05, 4.69) is 5.10 Å². The Bertz CT molecular complexity index is 723. The topological polar surface area (TPSA) is 64.4 Å². The first-order chi connectivity index (χ1) is 11.1. The van der Waals surface area contributed by atoms with Crippen LogP contribution in [0.1, 0.15) is 30.9 Å². The summed E-state index contributed by atoms with van der Waals surface area (Å²) in [7, 11) is 1.82. The third kappa shape index (κ3) is 2.54. The van der Waals surface area contributed by atoms with Crippen LogP contribution in [0.25, 0.3) is 0 Å². The normalized spacial score (nSPS) is 22.1. The first-order valence-electron chi connectivity index (χ1n) is 7.99. The van der Waals surface area contributed by atoms with Crippen LogP contribution in [0.3, 0.4) is 0 Å². The van der Waals surface area contributed by atoms with Crippen molar-refractivity contribution in [1.82, 2.24) is 14.8 Å². The molecule has 1 fully saturated rings. The summed E-state index contributed by atoms with van der Waals surface area (Å²) >= 11 is 0. The Hall–Kier alpha value is -2.18. The van der Waals surface area contributed by atoms with Crippen LogP contribution in [-0.2, 0) is 11.8 Å². The second kappa shape index (κ2) is 5.47. The van der Waals surface area contributed by atoms with Crippen LogP contribution in [0.2, 0.25) is 0 Å². The summed E-state index contributed by atoms with van der Waals surface area (Å²) in [6, 6.07) is 9.16. The standard InChI is InChI=1S/C17H19N4O2/c1-19-17-14(10-18-19)15(9-12-7-8-12)20(23)11-16(22)21(17)13-5-3-2-4-6-13/h2-6,10,12,15H,7-9,11H2,1H3/q-1. The number of amides is 1. The number of para-hydroxylation sites is 1. The molecule has 1 unspecified atom stereocenters. The van der Waals surface area contributed by atoms with E-state index in [1.54, 1.807) is 15.8 Å². The SMILES string of the molecule is Cn1ncc2c1N(c1ccccc1)C(=O)CN([O-])C2CC1CC1. The summed E-state index contributed by atoms with van der Waals surface area (Å²) in [6.45, 7) is -0.124. The number of fused-ring (bicyclic) bond motifs is 1. The first kappa shape index (κ1) is 14.4. The lowest BCUT2D eigenvalue weighted by molar-refractivity contribution is -0.118. The number of carbonyl (C=O) groups is 1. The molecule has 120 valence electrons. The monoisotopic (exact) mass is 311 g/mol. The van der Waals surface area contributed by atoms with Gasteiger partial charge in [0.2, 0.25) is 5.91 Å². The van der Waals surface area contributed by atoms with E-state index in [1.165, 1.54) is 12.8 Å². The van der Waals surface area contributed by atoms with Crippen molar-refractivity contribution < 1.29 is 4.79 Å². The lowest BCUT2D eigenvalue weighted by Gasteiger charge is -2.34. The minimum Gasteiger partial charge on any atom is -0.784 e. The lowest BCUT2D eigenvalue weighted by Crippen LogP contribution is -2.34. The highest BCUT2D eigenvalue weighted by Crippen LogP contribution is 2.44. The smallest absolute Gasteiger partial charge is 0.245 e. The average Bonchev–Trinajstić information content (AvgIpc) is 3.31. The first-order valence-corrected chi connectivity index (χ1v) is 7.99. The highest BCUT2D eigenvalue weighted by atomic mass is 16.5. The van der Waals surface area contributed by atoms with Gasteiger partial charge < -0.3 is 10.3 Å². The van der Waals surface area contributed by atoms with Crippen LogP contribution in [0.15, 0.2) is 36.5 Å². The van der Waals surface area contributed by atoms with E-state index < -0.39 is 0 Å². The molecule has 2 heterocycles. The number of hydroxylamine groups is 2. The van der Waals surface area contributed by atoms with Crippen LogP contribution in [-0.4, -0.2) is 27.3 Å². The quantitative estimate of drug-likeness (QED) is 0.874. The van der Waals surface area contributed by atoms with E-state index in [0.717, 1.165) is 22.7 Å². The summed E-state index contributed by atoms with van der Waals surface area (Å²) in [5, 5.41) is 17.8. The summed E-state index contributed by atoms with van der Waals surface area (Å²) in [5.74, 6) is 1.10. The van der Waals surface area contributed by atoms with Gasteiger partial charge in [0.25, 0.3) is 0 Å². The number of carbonyl (C=O) groups excluding carboxylic acids is 1. The molecule has 1 amide bonds. The van der Waals surface area contributed by atoms with Gasteiger partial charge in [-0.3, -0.25) is 14.4 Å². The zero-order chi connectivity index (χ0) is 16.0. The van der Waals surface area contributed by atoms with E-state index in [-0.39, 0.29) is 18.5 Å². The predicted octanol–water partition coefficient (Wildman–Crippen LogP) is 2.74. The van der Waals surface area contributed by atoms with Crippen molar-refractivity contribution in [3.63, 3.8) is 0 Å². The number of hydrogen-bond acceptors (Lipinski definition) is 4. The highest BCUT2D eigenvalue weighted by Gasteiger charge is 2.36. The van der Waals surface area contributed by atoms with Gasteiger partial charge in [-0.15, -0.1) is 0 Å². The number of aryl methyl sites for hydroxylation is 1. The van der Waals surface area contributed by atoms with Crippen molar-refractivity contribution in [2.75, 3.05) is 11.4 Å². The minimum absolute atomic E-state index is 0.124. The molecule has 6 heteroatoms. The van der Waals surface area contributed by atoms with E-state index in [1.807, 2.05) is 37.4 Å². The van der Waals surface area contributed by atoms with Crippen LogP contribution in [0.5, 0.6) is 0 Å². The van der Waals surface area contributed by atoms with E-state index >= 15 is 0 Å². The van der Waals surface area contributed by atoms with Gasteiger partial charge in [-0.2, -0.15) is 5.10 Å². The van der Waals surface area contributed by atoms with Crippen molar-refractivity contribution in [3.05, 3.63) is 47.3 Å². The molecule has 0 radical (unpaired) electrons. The zero-order valence-corrected chi connectivity index (χ0v) is 13.1. The van der Waals surface area contributed by atoms with Crippen molar-refractivity contribution >= 4 is 17.4 Å². The summed E-state index contributed by atoms with van der Waals surface area (Å²) < 4.78 is 1.69. The molecule has 4 rings (SSSR count). The average molecular weight is 311 g/mol. The number of benzene rings is 1. The minimum atomic E-state index is -0.288. The van der Waals surface area contributed by atoms with Crippen LogP contribution >= 0.6 is 0 Å². The van der Waals surface area contributed by atoms with E-state index in [4.69, 9.17) is 0 Å². The molecule has 2 aliphatic rings. The van der Waals surface area contributed by atoms with E-state index in [0.29, 0.717) is 11.7 Å². The Morgan fingerprint density at radius 1 is 1.26 bits per heavy atom. The number of aromatic nitrogens is 2. The third-order valence-corrected chi connectivity index (χ3v) is 4.66. The van der Waals surface area contributed by atoms with Gasteiger partial charge >= 0.3 is 0 Å². The van der Waals surface area contributed by atoms with Crippen molar-refractivity contribution in [3.8, 4) is 0 Å². The Morgan fingerprint density at radius 3 is 2.70 bits per heavy atom. The molecular formula is C17H19N4O2-. The summed E-state index contributed by atoms with van der Waals surface area (Å²) in [6.07, 6.45) is 4.90. The molecule has 23 heavy (non-hydrogen) atoms. The van der Waals surface area contributed by atoms with Gasteiger partial charge in [-0.05, 0) is 24.5 Å².